The largest absolute Gasteiger partial charge is 0.346 e. The highest BCUT2D eigenvalue weighted by Crippen LogP contribution is 2.25. The Hall–Kier alpha value is -2.17. The monoisotopic (exact) mass is 287 g/mol. The average Bonchev–Trinajstić information content (AvgIpc) is 3.10. The number of hydrogen-bond donors (Lipinski definition) is 1. The van der Waals surface area contributed by atoms with Gasteiger partial charge in [-0.05, 0) is 31.0 Å². The van der Waals surface area contributed by atoms with Crippen molar-refractivity contribution >= 4 is 5.91 Å². The van der Waals surface area contributed by atoms with Crippen molar-refractivity contribution in [2.45, 2.75) is 25.7 Å². The Morgan fingerprint density at radius 1 is 1.43 bits per heavy atom. The minimum absolute atomic E-state index is 0.0902. The number of amides is 1. The Kier molecular flexibility index (Phi) is 3.73. The topological polar surface area (TPSA) is 49.0 Å². The number of nitrogens with one attached hydrogen (secondary N) is 1. The molecule has 1 aliphatic rings. The van der Waals surface area contributed by atoms with E-state index in [1.165, 1.54) is 12.1 Å². The highest BCUT2D eigenvalue weighted by molar-refractivity contribution is 5.79. The average molecular weight is 287 g/mol. The van der Waals surface area contributed by atoms with Crippen molar-refractivity contribution in [2.75, 3.05) is 13.1 Å². The van der Waals surface area contributed by atoms with E-state index in [4.69, 9.17) is 0 Å². The standard InChI is InChI=1S/C16H18FN3O/c1-11-9-18-16(19-11)13-6-7-20(10-13)15(21)8-12-2-4-14(17)5-3-12/h2-5,9,13H,6-8,10H2,1H3,(H,18,19)/t13-/m1/s1. The maximum atomic E-state index is 12.9. The molecule has 1 aromatic carbocycles. The molecule has 21 heavy (non-hydrogen) atoms. The Labute approximate surface area is 123 Å². The van der Waals surface area contributed by atoms with E-state index in [1.54, 1.807) is 12.1 Å². The van der Waals surface area contributed by atoms with Gasteiger partial charge in [0.25, 0.3) is 0 Å². The SMILES string of the molecule is Cc1cnc([C@@H]2CCN(C(=O)Cc3ccc(F)cc3)C2)[nH]1. The second kappa shape index (κ2) is 5.68. The minimum Gasteiger partial charge on any atom is -0.346 e. The van der Waals surface area contributed by atoms with Crippen molar-refractivity contribution < 1.29 is 9.18 Å². The minimum atomic E-state index is -0.277. The molecule has 1 saturated heterocycles. The molecule has 5 heteroatoms. The summed E-state index contributed by atoms with van der Waals surface area (Å²) in [6.45, 7) is 3.43. The van der Waals surface area contributed by atoms with Crippen LogP contribution < -0.4 is 0 Å². The number of aromatic amines is 1. The molecule has 0 saturated carbocycles. The molecule has 1 aliphatic heterocycles. The molecule has 0 bridgehead atoms. The van der Waals surface area contributed by atoms with E-state index in [2.05, 4.69) is 9.97 Å². The number of aromatic nitrogens is 2. The van der Waals surface area contributed by atoms with Crippen LogP contribution in [-0.4, -0.2) is 33.9 Å². The van der Waals surface area contributed by atoms with E-state index >= 15 is 0 Å². The summed E-state index contributed by atoms with van der Waals surface area (Å²) in [5, 5.41) is 0. The molecule has 2 aromatic rings. The van der Waals surface area contributed by atoms with Gasteiger partial charge in [0, 0.05) is 30.9 Å². The molecule has 1 aromatic heterocycles. The molecule has 1 N–H and O–H groups in total. The number of benzene rings is 1. The maximum Gasteiger partial charge on any atom is 0.227 e. The van der Waals surface area contributed by atoms with E-state index < -0.39 is 0 Å². The van der Waals surface area contributed by atoms with Crippen molar-refractivity contribution in [1.29, 1.82) is 0 Å². The van der Waals surface area contributed by atoms with Gasteiger partial charge < -0.3 is 9.88 Å². The zero-order valence-electron chi connectivity index (χ0n) is 12.0. The van der Waals surface area contributed by atoms with Crippen LogP contribution >= 0.6 is 0 Å². The number of carbonyl (C=O) groups excluding carboxylic acids is 1. The second-order valence-corrected chi connectivity index (χ2v) is 5.58. The summed E-state index contributed by atoms with van der Waals surface area (Å²) in [6, 6.07) is 6.11. The van der Waals surface area contributed by atoms with Crippen molar-refractivity contribution in [3.63, 3.8) is 0 Å². The van der Waals surface area contributed by atoms with E-state index in [0.29, 0.717) is 13.0 Å². The van der Waals surface area contributed by atoms with Crippen LogP contribution in [0.25, 0.3) is 0 Å². The fraction of sp³-hybridized carbons (Fsp3) is 0.375. The van der Waals surface area contributed by atoms with E-state index in [1.807, 2.05) is 18.0 Å². The van der Waals surface area contributed by atoms with Crippen molar-refractivity contribution in [1.82, 2.24) is 14.9 Å². The molecule has 110 valence electrons. The second-order valence-electron chi connectivity index (χ2n) is 5.58. The number of carbonyl (C=O) groups is 1. The molecular formula is C16H18FN3O. The highest BCUT2D eigenvalue weighted by atomic mass is 19.1. The molecule has 1 fully saturated rings. The molecule has 1 amide bonds. The number of nitrogens with zero attached hydrogens (tertiary/aromatic N) is 2. The first-order valence-corrected chi connectivity index (χ1v) is 7.15. The first-order valence-electron chi connectivity index (χ1n) is 7.15. The van der Waals surface area contributed by atoms with Crippen molar-refractivity contribution in [3.8, 4) is 0 Å². The van der Waals surface area contributed by atoms with Crippen LogP contribution in [0.2, 0.25) is 0 Å². The maximum absolute atomic E-state index is 12.9. The van der Waals surface area contributed by atoms with Crippen LogP contribution in [0.4, 0.5) is 4.39 Å². The summed E-state index contributed by atoms with van der Waals surface area (Å²) in [5.41, 5.74) is 1.89. The van der Waals surface area contributed by atoms with E-state index in [-0.39, 0.29) is 17.6 Å². The molecule has 3 rings (SSSR count). The van der Waals surface area contributed by atoms with Gasteiger partial charge in [-0.1, -0.05) is 12.1 Å². The molecule has 4 nitrogen and oxygen atoms in total. The summed E-state index contributed by atoms with van der Waals surface area (Å²) >= 11 is 0. The number of H-pyrrole nitrogens is 1. The number of hydrogen-bond acceptors (Lipinski definition) is 2. The predicted molar refractivity (Wildman–Crippen MR) is 77.4 cm³/mol. The van der Waals surface area contributed by atoms with Crippen LogP contribution in [0.1, 0.15) is 29.4 Å². The van der Waals surface area contributed by atoms with Crippen LogP contribution in [0.5, 0.6) is 0 Å². The molecule has 0 aliphatic carbocycles. The number of likely N-dealkylation sites (tertiary alicyclic amines) is 1. The van der Waals surface area contributed by atoms with Crippen LogP contribution in [0, 0.1) is 12.7 Å². The first kappa shape index (κ1) is 13.8. The highest BCUT2D eigenvalue weighted by Gasteiger charge is 2.28. The van der Waals surface area contributed by atoms with Crippen LogP contribution in [-0.2, 0) is 11.2 Å². The van der Waals surface area contributed by atoms with Gasteiger partial charge in [-0.15, -0.1) is 0 Å². The van der Waals surface area contributed by atoms with Crippen molar-refractivity contribution in [3.05, 3.63) is 53.4 Å². The third-order valence-electron chi connectivity index (χ3n) is 3.92. The normalized spacial score (nSPS) is 18.2. The number of rotatable bonds is 3. The van der Waals surface area contributed by atoms with Gasteiger partial charge in [-0.25, -0.2) is 9.37 Å². The third kappa shape index (κ3) is 3.12. The van der Waals surface area contributed by atoms with Gasteiger partial charge in [0.2, 0.25) is 5.91 Å². The van der Waals surface area contributed by atoms with Crippen molar-refractivity contribution in [2.24, 2.45) is 0 Å². The Balaban J connectivity index is 1.60. The summed E-state index contributed by atoms with van der Waals surface area (Å²) in [4.78, 5) is 21.7. The summed E-state index contributed by atoms with van der Waals surface area (Å²) < 4.78 is 12.9. The molecule has 2 heterocycles. The predicted octanol–water partition coefficient (Wildman–Crippen LogP) is 2.42. The van der Waals surface area contributed by atoms with Gasteiger partial charge >= 0.3 is 0 Å². The summed E-state index contributed by atoms with van der Waals surface area (Å²) in [6.07, 6.45) is 3.07. The van der Waals surface area contributed by atoms with E-state index in [0.717, 1.165) is 30.0 Å². The molecule has 0 spiro atoms. The molecule has 0 unspecified atom stereocenters. The van der Waals surface area contributed by atoms with E-state index in [9.17, 15) is 9.18 Å². The fourth-order valence-corrected chi connectivity index (χ4v) is 2.74. The Morgan fingerprint density at radius 3 is 2.86 bits per heavy atom. The zero-order valence-corrected chi connectivity index (χ0v) is 12.0. The lowest BCUT2D eigenvalue weighted by molar-refractivity contribution is -0.129. The smallest absolute Gasteiger partial charge is 0.227 e. The molecule has 0 radical (unpaired) electrons. The number of imidazole rings is 1. The number of aryl methyl sites for hydroxylation is 1. The van der Waals surface area contributed by atoms with Gasteiger partial charge in [0.05, 0.1) is 6.42 Å². The quantitative estimate of drug-likeness (QED) is 0.942. The summed E-state index contributed by atoms with van der Waals surface area (Å²) in [7, 11) is 0. The van der Waals surface area contributed by atoms with Gasteiger partial charge in [0.1, 0.15) is 11.6 Å². The lowest BCUT2D eigenvalue weighted by atomic mass is 10.1. The lowest BCUT2D eigenvalue weighted by Gasteiger charge is -2.16. The molecule has 1 atom stereocenters. The number of halogens is 1. The lowest BCUT2D eigenvalue weighted by Crippen LogP contribution is -2.30. The fourth-order valence-electron chi connectivity index (χ4n) is 2.74. The first-order chi connectivity index (χ1) is 10.1. The zero-order chi connectivity index (χ0) is 14.8. The van der Waals surface area contributed by atoms with Gasteiger partial charge in [-0.2, -0.15) is 0 Å². The van der Waals surface area contributed by atoms with Gasteiger partial charge in [0.15, 0.2) is 0 Å². The third-order valence-corrected chi connectivity index (χ3v) is 3.92. The Morgan fingerprint density at radius 2 is 2.19 bits per heavy atom. The van der Waals surface area contributed by atoms with Gasteiger partial charge in [-0.3, -0.25) is 4.79 Å². The Bertz CT molecular complexity index is 635. The summed E-state index contributed by atoms with van der Waals surface area (Å²) in [5.74, 6) is 1.06. The van der Waals surface area contributed by atoms with Crippen LogP contribution in [0.15, 0.2) is 30.5 Å². The van der Waals surface area contributed by atoms with Crippen LogP contribution in [0.3, 0.4) is 0 Å². The molecular weight excluding hydrogens is 269 g/mol.